The van der Waals surface area contributed by atoms with Gasteiger partial charge in [0.2, 0.25) is 0 Å². The smallest absolute Gasteiger partial charge is 0.187 e. The molecule has 5 nitrogen and oxygen atoms in total. The van der Waals surface area contributed by atoms with Crippen molar-refractivity contribution in [1.82, 2.24) is 15.0 Å². The summed E-state index contributed by atoms with van der Waals surface area (Å²) in [4.78, 5) is 19.1. The van der Waals surface area contributed by atoms with Gasteiger partial charge in [-0.05, 0) is 38.9 Å². The van der Waals surface area contributed by atoms with E-state index in [0.29, 0.717) is 23.2 Å². The van der Waals surface area contributed by atoms with Crippen LogP contribution < -0.4 is 20.7 Å². The van der Waals surface area contributed by atoms with Crippen molar-refractivity contribution in [1.29, 1.82) is 0 Å². The Kier molecular flexibility index (Phi) is 7.81. The molecule has 0 unspecified atom stereocenters. The molecule has 9 aromatic rings. The van der Waals surface area contributed by atoms with Crippen LogP contribution in [0.3, 0.4) is 0 Å². The Labute approximate surface area is 302 Å². The molecule has 244 valence electrons. The average Bonchev–Trinajstić information content (AvgIpc) is 3.61. The van der Waals surface area contributed by atoms with E-state index >= 15 is 0 Å². The second kappa shape index (κ2) is 13.1. The van der Waals surface area contributed by atoms with Gasteiger partial charge >= 0.3 is 0 Å². The van der Waals surface area contributed by atoms with Gasteiger partial charge in [0, 0.05) is 27.5 Å². The van der Waals surface area contributed by atoms with E-state index in [1.54, 1.807) is 6.07 Å². The van der Waals surface area contributed by atoms with Crippen molar-refractivity contribution in [3.63, 3.8) is 0 Å². The van der Waals surface area contributed by atoms with Gasteiger partial charge in [-0.3, -0.25) is 0 Å². The monoisotopic (exact) mass is 682 g/mol. The third kappa shape index (κ3) is 5.28. The number of hydrogen-bond acceptors (Lipinski definition) is 4. The van der Waals surface area contributed by atoms with E-state index in [1.165, 1.54) is 20.7 Å². The summed E-state index contributed by atoms with van der Waals surface area (Å²) in [6.45, 7) is 7.67. The van der Waals surface area contributed by atoms with Crippen molar-refractivity contribution in [2.45, 2.75) is 0 Å². The van der Waals surface area contributed by atoms with Crippen LogP contribution in [0.15, 0.2) is 186 Å². The zero-order valence-corrected chi connectivity index (χ0v) is 29.0. The lowest BCUT2D eigenvalue weighted by molar-refractivity contribution is 0.669. The van der Waals surface area contributed by atoms with Crippen molar-refractivity contribution in [3.05, 3.63) is 193 Å². The number of aromatic nitrogens is 3. The molecule has 0 aliphatic carbocycles. The predicted octanol–water partition coefficient (Wildman–Crippen LogP) is 8.70. The summed E-state index contributed by atoms with van der Waals surface area (Å²) in [5, 5.41) is 7.03. The molecule has 0 amide bonds. The molecular formula is C46H30N4OSi. The highest BCUT2D eigenvalue weighted by atomic mass is 28.3. The highest BCUT2D eigenvalue weighted by Crippen LogP contribution is 2.36. The molecule has 2 aromatic heterocycles. The second-order valence-corrected chi connectivity index (χ2v) is 16.5. The van der Waals surface area contributed by atoms with Crippen molar-refractivity contribution in [2.75, 3.05) is 0 Å². The lowest BCUT2D eigenvalue weighted by atomic mass is 10.1. The summed E-state index contributed by atoms with van der Waals surface area (Å²) < 4.78 is 6.25. The fraction of sp³-hybridized carbons (Fsp3) is 0. The Morgan fingerprint density at radius 1 is 0.442 bits per heavy atom. The molecule has 0 N–H and O–H groups in total. The van der Waals surface area contributed by atoms with Crippen molar-refractivity contribution in [2.24, 2.45) is 0 Å². The van der Waals surface area contributed by atoms with E-state index in [4.69, 9.17) is 25.9 Å². The van der Waals surface area contributed by atoms with Gasteiger partial charge in [0.1, 0.15) is 11.2 Å². The number of rotatable bonds is 7. The summed E-state index contributed by atoms with van der Waals surface area (Å²) in [6.07, 6.45) is 0. The first kappa shape index (κ1) is 31.1. The molecule has 0 aliphatic rings. The first-order valence-corrected chi connectivity index (χ1v) is 19.1. The molecule has 0 saturated carbocycles. The highest BCUT2D eigenvalue weighted by molar-refractivity contribution is 7.19. The molecule has 0 bridgehead atoms. The normalized spacial score (nSPS) is 11.4. The van der Waals surface area contributed by atoms with Gasteiger partial charge in [0.05, 0.1) is 6.57 Å². The number of hydrogen-bond donors (Lipinski definition) is 0. The SMILES string of the molecule is [C-]#[N+]c1cccc(-c2nc(-c3cccc([Si](c4ccccc4)(c4ccccc4)c4ccccc4)c3)nc(-c3cccc4oc5ccccc5c34)n2)c1. The second-order valence-electron chi connectivity index (χ2n) is 12.7. The maximum Gasteiger partial charge on any atom is 0.187 e. The summed E-state index contributed by atoms with van der Waals surface area (Å²) in [5.41, 5.74) is 4.58. The van der Waals surface area contributed by atoms with Crippen molar-refractivity contribution >= 4 is 56.4 Å². The number of para-hydroxylation sites is 1. The van der Waals surface area contributed by atoms with Crippen molar-refractivity contribution < 1.29 is 4.42 Å². The minimum atomic E-state index is -2.81. The largest absolute Gasteiger partial charge is 0.456 e. The Hall–Kier alpha value is -6.94. The molecule has 52 heavy (non-hydrogen) atoms. The molecule has 0 atom stereocenters. The molecule has 0 aliphatic heterocycles. The van der Waals surface area contributed by atoms with E-state index in [9.17, 15) is 0 Å². The maximum atomic E-state index is 7.67. The molecule has 0 spiro atoms. The lowest BCUT2D eigenvalue weighted by Gasteiger charge is -2.34. The van der Waals surface area contributed by atoms with Crippen LogP contribution in [0.25, 0.3) is 60.9 Å². The summed E-state index contributed by atoms with van der Waals surface area (Å²) in [7, 11) is -2.81. The number of benzene rings is 7. The lowest BCUT2D eigenvalue weighted by Crippen LogP contribution is -2.74. The van der Waals surface area contributed by atoms with Crippen LogP contribution in [0.4, 0.5) is 5.69 Å². The standard InChI is InChI=1S/C46H30N4OSi/c1-47-34-18-13-16-32(30-34)44-48-45(50-46(49-44)40-27-15-29-42-43(40)39-26-11-12-28-41(39)51-42)33-17-14-25-38(31-33)52(35-19-5-2-6-20-35,36-21-7-3-8-22-36)37-23-9-4-10-24-37/h2-31H. The molecule has 0 saturated heterocycles. The Balaban J connectivity index is 1.31. The van der Waals surface area contributed by atoms with Crippen LogP contribution in [0.2, 0.25) is 0 Å². The third-order valence-electron chi connectivity index (χ3n) is 9.69. The highest BCUT2D eigenvalue weighted by Gasteiger charge is 2.41. The quantitative estimate of drug-likeness (QED) is 0.0959. The molecule has 6 heteroatoms. The van der Waals surface area contributed by atoms with E-state index < -0.39 is 8.07 Å². The van der Waals surface area contributed by atoms with E-state index in [2.05, 4.69) is 126 Å². The predicted molar refractivity (Wildman–Crippen MR) is 213 cm³/mol. The zero-order valence-electron chi connectivity index (χ0n) is 28.0. The minimum Gasteiger partial charge on any atom is -0.456 e. The average molecular weight is 683 g/mol. The molecule has 0 radical (unpaired) electrons. The zero-order chi connectivity index (χ0) is 34.9. The van der Waals surface area contributed by atoms with Gasteiger partial charge in [-0.25, -0.2) is 19.8 Å². The Morgan fingerprint density at radius 2 is 0.942 bits per heavy atom. The van der Waals surface area contributed by atoms with Gasteiger partial charge in [-0.1, -0.05) is 164 Å². The summed E-state index contributed by atoms with van der Waals surface area (Å²) >= 11 is 0. The van der Waals surface area contributed by atoms with Gasteiger partial charge in [-0.15, -0.1) is 0 Å². The minimum absolute atomic E-state index is 0.499. The first-order chi connectivity index (χ1) is 25.7. The Bertz CT molecular complexity index is 2660. The molecule has 0 fully saturated rings. The summed E-state index contributed by atoms with van der Waals surface area (Å²) in [5.74, 6) is 1.59. The maximum absolute atomic E-state index is 7.67. The molecular weight excluding hydrogens is 653 g/mol. The van der Waals surface area contributed by atoms with Gasteiger partial charge in [0.15, 0.2) is 31.2 Å². The fourth-order valence-electron chi connectivity index (χ4n) is 7.39. The van der Waals surface area contributed by atoms with Crippen LogP contribution in [0.5, 0.6) is 0 Å². The summed E-state index contributed by atoms with van der Waals surface area (Å²) in [6, 6.07) is 62.8. The van der Waals surface area contributed by atoms with Crippen LogP contribution in [0, 0.1) is 6.57 Å². The van der Waals surface area contributed by atoms with Crippen LogP contribution in [-0.4, -0.2) is 23.0 Å². The Morgan fingerprint density at radius 3 is 1.58 bits per heavy atom. The van der Waals surface area contributed by atoms with E-state index in [0.717, 1.165) is 38.6 Å². The molecule has 2 heterocycles. The third-order valence-corrected chi connectivity index (χ3v) is 14.5. The van der Waals surface area contributed by atoms with Crippen LogP contribution >= 0.6 is 0 Å². The van der Waals surface area contributed by atoms with Gasteiger partial charge < -0.3 is 4.42 Å². The van der Waals surface area contributed by atoms with Crippen LogP contribution in [0.1, 0.15) is 0 Å². The van der Waals surface area contributed by atoms with Gasteiger partial charge in [-0.2, -0.15) is 0 Å². The molecule has 9 rings (SSSR count). The number of nitrogens with zero attached hydrogens (tertiary/aromatic N) is 4. The number of furan rings is 1. The topological polar surface area (TPSA) is 56.2 Å². The van der Waals surface area contributed by atoms with Gasteiger partial charge in [0.25, 0.3) is 0 Å². The van der Waals surface area contributed by atoms with Crippen molar-refractivity contribution in [3.8, 4) is 34.2 Å². The molecule has 7 aromatic carbocycles. The van der Waals surface area contributed by atoms with E-state index in [1.807, 2.05) is 54.6 Å². The number of fused-ring (bicyclic) bond motifs is 3. The van der Waals surface area contributed by atoms with E-state index in [-0.39, 0.29) is 0 Å². The van der Waals surface area contributed by atoms with Crippen LogP contribution in [-0.2, 0) is 0 Å². The fourth-order valence-corrected chi connectivity index (χ4v) is 12.2. The first-order valence-electron chi connectivity index (χ1n) is 17.1.